The van der Waals surface area contributed by atoms with Crippen LogP contribution in [0.3, 0.4) is 0 Å². The van der Waals surface area contributed by atoms with Crippen LogP contribution in [0.1, 0.15) is 0 Å². The summed E-state index contributed by atoms with van der Waals surface area (Å²) in [6.45, 7) is 0. The molecule has 7 heterocycles. The van der Waals surface area contributed by atoms with E-state index < -0.39 is 0 Å². The van der Waals surface area contributed by atoms with Crippen LogP contribution in [-0.4, -0.2) is 38.2 Å². The first-order valence-electron chi connectivity index (χ1n) is 39.9. The van der Waals surface area contributed by atoms with Gasteiger partial charge in [0.15, 0.2) is 0 Å². The van der Waals surface area contributed by atoms with E-state index in [2.05, 4.69) is 382 Å². The third-order valence-corrected chi connectivity index (χ3v) is 24.9. The van der Waals surface area contributed by atoms with Crippen LogP contribution in [0, 0.1) is 0 Å². The van der Waals surface area contributed by atoms with Crippen molar-refractivity contribution >= 4 is 185 Å². The summed E-state index contributed by atoms with van der Waals surface area (Å²) in [4.78, 5) is 21.9. The molecular formula is C108H62N8O. The van der Waals surface area contributed by atoms with Gasteiger partial charge in [-0.15, -0.1) is 0 Å². The first-order chi connectivity index (χ1) is 58.1. The zero-order valence-corrected chi connectivity index (χ0v) is 62.8. The lowest BCUT2D eigenvalue weighted by Crippen LogP contribution is -2.04. The average molecular weight is 1490 g/mol. The highest BCUT2D eigenvalue weighted by Gasteiger charge is 2.30. The number of hydrogen-bond acceptors (Lipinski definition) is 5. The third kappa shape index (κ3) is 9.07. The second-order valence-corrected chi connectivity index (χ2v) is 31.0. The Balaban J connectivity index is 0.000000128. The van der Waals surface area contributed by atoms with E-state index in [1.165, 1.54) is 114 Å². The summed E-state index contributed by atoms with van der Waals surface area (Å²) in [6, 6.07) is 135. The highest BCUT2D eigenvalue weighted by Crippen LogP contribution is 2.52. The molecule has 0 N–H and O–H groups in total. The molecule has 0 spiro atoms. The molecule has 9 heteroatoms. The minimum atomic E-state index is 0.619. The number of aromatic nitrogens is 8. The Labute approximate surface area is 667 Å². The van der Waals surface area contributed by atoms with Gasteiger partial charge in [0.2, 0.25) is 11.9 Å². The van der Waals surface area contributed by atoms with Gasteiger partial charge in [0, 0.05) is 86.5 Å². The quantitative estimate of drug-likeness (QED) is 0.166. The van der Waals surface area contributed by atoms with E-state index in [0.717, 1.165) is 127 Å². The van der Waals surface area contributed by atoms with Crippen LogP contribution in [-0.2, 0) is 0 Å². The fraction of sp³-hybridized carbons (Fsp3) is 0. The van der Waals surface area contributed by atoms with Crippen LogP contribution >= 0.6 is 0 Å². The maximum absolute atomic E-state index is 6.37. The van der Waals surface area contributed by atoms with Gasteiger partial charge >= 0.3 is 0 Å². The van der Waals surface area contributed by atoms with Gasteiger partial charge in [0.1, 0.15) is 11.2 Å². The molecule has 19 aromatic carbocycles. The Morgan fingerprint density at radius 1 is 0.188 bits per heavy atom. The van der Waals surface area contributed by atoms with Crippen LogP contribution in [0.15, 0.2) is 381 Å². The summed E-state index contributed by atoms with van der Waals surface area (Å²) in [6.07, 6.45) is 0. The number of benzene rings is 19. The SMILES string of the molecule is c1ccc2c(-n3c4ccccc4c4c5ccccc5ccc43)c3c4ccccc4n(-c4nc(-c5ccc6c(c5)oc5ccccc56)c5ccccc5n4)c3cc2c1.c1ccc2c(c1)-c1cccc3c(-c4nc(-n5c6ccccc6c6c(-n7c8ccccc8c8c9ccccc9ccc87)c7ccccc7cc65)nc5ccccc45)ccc-2c13. The number of fused-ring (bicyclic) bond motifs is 26. The molecule has 7 aromatic heterocycles. The summed E-state index contributed by atoms with van der Waals surface area (Å²) in [5.74, 6) is 1.27. The Bertz CT molecular complexity index is 8850. The van der Waals surface area contributed by atoms with Gasteiger partial charge in [-0.3, -0.25) is 9.13 Å². The van der Waals surface area contributed by atoms with E-state index in [9.17, 15) is 0 Å². The maximum atomic E-state index is 6.37. The Kier molecular flexibility index (Phi) is 13.3. The molecule has 1 aliphatic rings. The topological polar surface area (TPSA) is 84.4 Å². The molecule has 0 atom stereocenters. The number of nitrogens with zero attached hydrogens (tertiary/aromatic N) is 8. The molecule has 26 aromatic rings. The third-order valence-electron chi connectivity index (χ3n) is 24.9. The summed E-state index contributed by atoms with van der Waals surface area (Å²) in [7, 11) is 0. The molecule has 27 rings (SSSR count). The monoisotopic (exact) mass is 1490 g/mol. The number of furan rings is 1. The number of hydrogen-bond donors (Lipinski definition) is 0. The summed E-state index contributed by atoms with van der Waals surface area (Å²) >= 11 is 0. The van der Waals surface area contributed by atoms with Gasteiger partial charge in [0.25, 0.3) is 0 Å². The van der Waals surface area contributed by atoms with E-state index in [4.69, 9.17) is 24.4 Å². The number of rotatable bonds is 6. The van der Waals surface area contributed by atoms with Crippen LogP contribution < -0.4 is 0 Å². The van der Waals surface area contributed by atoms with Crippen molar-refractivity contribution in [2.24, 2.45) is 0 Å². The lowest BCUT2D eigenvalue weighted by molar-refractivity contribution is 0.669. The zero-order valence-electron chi connectivity index (χ0n) is 62.8. The summed E-state index contributed by atoms with van der Waals surface area (Å²) < 4.78 is 15.9. The van der Waals surface area contributed by atoms with Crippen molar-refractivity contribution in [3.05, 3.63) is 376 Å². The molecule has 9 nitrogen and oxygen atoms in total. The van der Waals surface area contributed by atoms with Gasteiger partial charge in [-0.2, -0.15) is 0 Å². The van der Waals surface area contributed by atoms with E-state index >= 15 is 0 Å². The Hall–Kier alpha value is -15.8. The molecule has 0 saturated carbocycles. The van der Waals surface area contributed by atoms with E-state index in [1.807, 2.05) is 12.1 Å². The van der Waals surface area contributed by atoms with Crippen LogP contribution in [0.25, 0.3) is 253 Å². The molecule has 0 fully saturated rings. The molecule has 0 radical (unpaired) electrons. The fourth-order valence-corrected chi connectivity index (χ4v) is 20.0. The van der Waals surface area contributed by atoms with Crippen molar-refractivity contribution < 1.29 is 4.42 Å². The van der Waals surface area contributed by atoms with Crippen molar-refractivity contribution in [1.29, 1.82) is 0 Å². The first-order valence-corrected chi connectivity index (χ1v) is 39.9. The van der Waals surface area contributed by atoms with Gasteiger partial charge < -0.3 is 13.6 Å². The average Bonchev–Trinajstić information content (AvgIpc) is 1.55. The highest BCUT2D eigenvalue weighted by molar-refractivity contribution is 6.29. The van der Waals surface area contributed by atoms with Crippen LogP contribution in [0.5, 0.6) is 0 Å². The fourth-order valence-electron chi connectivity index (χ4n) is 20.0. The largest absolute Gasteiger partial charge is 0.456 e. The summed E-state index contributed by atoms with van der Waals surface area (Å²) in [5.41, 5.74) is 23.7. The maximum Gasteiger partial charge on any atom is 0.235 e. The molecule has 0 amide bonds. The lowest BCUT2D eigenvalue weighted by atomic mass is 9.95. The first kappa shape index (κ1) is 63.8. The number of para-hydroxylation sites is 7. The van der Waals surface area contributed by atoms with E-state index in [-0.39, 0.29) is 0 Å². The van der Waals surface area contributed by atoms with E-state index in [1.54, 1.807) is 0 Å². The molecular weight excluding hydrogens is 1430 g/mol. The zero-order chi connectivity index (χ0) is 76.2. The van der Waals surface area contributed by atoms with E-state index in [0.29, 0.717) is 11.9 Å². The van der Waals surface area contributed by atoms with Crippen LogP contribution in [0.2, 0.25) is 0 Å². The molecule has 0 bridgehead atoms. The molecule has 0 unspecified atom stereocenters. The Morgan fingerprint density at radius 3 is 1.12 bits per heavy atom. The Morgan fingerprint density at radius 2 is 0.573 bits per heavy atom. The van der Waals surface area contributed by atoms with Crippen molar-refractivity contribution in [2.75, 3.05) is 0 Å². The van der Waals surface area contributed by atoms with Crippen molar-refractivity contribution in [2.45, 2.75) is 0 Å². The highest BCUT2D eigenvalue weighted by atomic mass is 16.3. The minimum Gasteiger partial charge on any atom is -0.456 e. The predicted molar refractivity (Wildman–Crippen MR) is 487 cm³/mol. The normalized spacial score (nSPS) is 12.3. The standard InChI is InChI=1S/C56H32N4.C52H30N4O/c1-3-16-35-33(14-1)28-31-49-52(35)44-21-8-11-26-47(44)59(49)55-36-17-4-2-15-34(36)32-50-53(55)45-22-9-12-27-48(45)60(50)56-57-46-25-10-7-20-43(46)54(58-56)42-30-29-41-38-19-6-5-18-37(38)39-23-13-24-40(42)51(39)41;1-3-15-34-31(13-1)26-28-44-48(34)39-19-6-10-22-42(39)55(44)51-35-16-4-2-14-32(35)29-45-49(51)40-20-7-11-23-43(40)56(45)52-53-41-21-9-5-18-38(41)50(54-52)33-25-27-37-36-17-8-12-24-46(36)57-47(37)30-33/h1-32H;1-30H. The van der Waals surface area contributed by atoms with Crippen molar-refractivity contribution in [3.63, 3.8) is 0 Å². The molecule has 117 heavy (non-hydrogen) atoms. The molecule has 0 aliphatic heterocycles. The second-order valence-electron chi connectivity index (χ2n) is 31.0. The molecule has 540 valence electrons. The minimum absolute atomic E-state index is 0.619. The van der Waals surface area contributed by atoms with Crippen LogP contribution in [0.4, 0.5) is 0 Å². The van der Waals surface area contributed by atoms with Crippen molar-refractivity contribution in [3.8, 4) is 68.0 Å². The lowest BCUT2D eigenvalue weighted by Gasteiger charge is -2.16. The van der Waals surface area contributed by atoms with Gasteiger partial charge in [-0.1, -0.05) is 297 Å². The second kappa shape index (κ2) is 24.3. The van der Waals surface area contributed by atoms with Gasteiger partial charge in [-0.25, -0.2) is 19.9 Å². The predicted octanol–water partition coefficient (Wildman–Crippen LogP) is 28.3. The molecule has 1 aliphatic carbocycles. The summed E-state index contributed by atoms with van der Waals surface area (Å²) in [5, 5.41) is 26.0. The smallest absolute Gasteiger partial charge is 0.235 e. The van der Waals surface area contributed by atoms with Gasteiger partial charge in [0.05, 0.1) is 77.9 Å². The van der Waals surface area contributed by atoms with Gasteiger partial charge in [-0.05, 0) is 144 Å². The molecule has 0 saturated heterocycles. The van der Waals surface area contributed by atoms with Crippen molar-refractivity contribution in [1.82, 2.24) is 38.2 Å².